The fraction of sp³-hybridized carbons (Fsp3) is 0.820. The van der Waals surface area contributed by atoms with Gasteiger partial charge < -0.3 is 29.1 Å². The van der Waals surface area contributed by atoms with E-state index in [0.717, 1.165) is 70.6 Å². The van der Waals surface area contributed by atoms with Gasteiger partial charge in [-0.25, -0.2) is 4.57 Å². The first-order valence-corrected chi connectivity index (χ1v) is 26.3. The van der Waals surface area contributed by atoms with Crippen molar-refractivity contribution < 1.29 is 57.1 Å². The zero-order valence-electron chi connectivity index (χ0n) is 40.3. The van der Waals surface area contributed by atoms with Gasteiger partial charge in [-0.2, -0.15) is 0 Å². The molecule has 0 amide bonds. The lowest BCUT2D eigenvalue weighted by Gasteiger charge is -2.24. The number of Topliss-reactive ketones (excluding diaryl/α,β-unsaturated/α-hetero) is 1. The first kappa shape index (κ1) is 58.8. The Hall–Kier alpha value is -2.18. The summed E-state index contributed by atoms with van der Waals surface area (Å²) in [6, 6.07) is 0. The number of phosphoric ester groups is 1. The second-order valence-corrected chi connectivity index (χ2v) is 20.1. The first-order valence-electron chi connectivity index (χ1n) is 24.8. The molecule has 12 nitrogen and oxygen atoms in total. The fourth-order valence-corrected chi connectivity index (χ4v) is 8.33. The van der Waals surface area contributed by atoms with Gasteiger partial charge in [-0.3, -0.25) is 23.4 Å². The molecule has 1 aliphatic rings. The van der Waals surface area contributed by atoms with Gasteiger partial charge in [0.25, 0.3) is 0 Å². The zero-order chi connectivity index (χ0) is 46.6. The molecule has 1 aliphatic carbocycles. The molecule has 0 spiro atoms. The van der Waals surface area contributed by atoms with E-state index in [1.165, 1.54) is 57.8 Å². The number of unbranched alkanes of at least 4 members (excludes halogenated alkanes) is 17. The summed E-state index contributed by atoms with van der Waals surface area (Å²) in [6.45, 7) is 4.03. The molecule has 1 fully saturated rings. The van der Waals surface area contributed by atoms with Gasteiger partial charge >= 0.3 is 19.8 Å². The quantitative estimate of drug-likeness (QED) is 0.0176. The van der Waals surface area contributed by atoms with E-state index in [1.54, 1.807) is 6.08 Å². The summed E-state index contributed by atoms with van der Waals surface area (Å²) in [6.07, 6.45) is 35.1. The molecule has 63 heavy (non-hydrogen) atoms. The van der Waals surface area contributed by atoms with Crippen LogP contribution in [-0.2, 0) is 37.5 Å². The summed E-state index contributed by atoms with van der Waals surface area (Å²) in [7, 11) is 1.34. The third-order valence-electron chi connectivity index (χ3n) is 11.5. The van der Waals surface area contributed by atoms with Crippen molar-refractivity contribution in [3.05, 3.63) is 36.5 Å². The second kappa shape index (κ2) is 37.0. The summed E-state index contributed by atoms with van der Waals surface area (Å²) >= 11 is 0. The van der Waals surface area contributed by atoms with Crippen LogP contribution in [0, 0.1) is 11.8 Å². The molecule has 0 saturated heterocycles. The Morgan fingerprint density at radius 3 is 1.92 bits per heavy atom. The molecule has 0 aliphatic heterocycles. The van der Waals surface area contributed by atoms with Crippen LogP contribution in [0.5, 0.6) is 0 Å². The Morgan fingerprint density at radius 2 is 1.30 bits per heavy atom. The molecule has 6 atom stereocenters. The van der Waals surface area contributed by atoms with E-state index in [4.69, 9.17) is 18.5 Å². The maximum absolute atomic E-state index is 12.8. The van der Waals surface area contributed by atoms with Gasteiger partial charge in [-0.15, -0.1) is 0 Å². The lowest BCUT2D eigenvalue weighted by Crippen LogP contribution is -2.37. The minimum absolute atomic E-state index is 0.00817. The second-order valence-electron chi connectivity index (χ2n) is 18.6. The van der Waals surface area contributed by atoms with E-state index < -0.39 is 44.7 Å². The van der Waals surface area contributed by atoms with Crippen molar-refractivity contribution in [2.24, 2.45) is 11.8 Å². The number of esters is 2. The van der Waals surface area contributed by atoms with Crippen molar-refractivity contribution in [3.63, 3.8) is 0 Å². The van der Waals surface area contributed by atoms with Crippen molar-refractivity contribution >= 4 is 25.5 Å². The number of hydrogen-bond acceptors (Lipinski definition) is 10. The Bertz CT molecular complexity index is 1330. The Kier molecular flexibility index (Phi) is 34.5. The molecule has 1 unspecified atom stereocenters. The number of carbonyl (C=O) groups excluding carboxylic acids is 3. The third-order valence-corrected chi connectivity index (χ3v) is 12.5. The van der Waals surface area contributed by atoms with Gasteiger partial charge in [-0.05, 0) is 57.8 Å². The predicted octanol–water partition coefficient (Wildman–Crippen LogP) is 11.1. The summed E-state index contributed by atoms with van der Waals surface area (Å²) in [5.74, 6) is -1.48. The lowest BCUT2D eigenvalue weighted by atomic mass is 9.88. The Balaban J connectivity index is 2.41. The minimum atomic E-state index is -4.44. The number of carbonyl (C=O) groups is 3. The third kappa shape index (κ3) is 33.9. The van der Waals surface area contributed by atoms with Crippen molar-refractivity contribution in [2.75, 3.05) is 47.5 Å². The van der Waals surface area contributed by atoms with Crippen LogP contribution in [-0.4, -0.2) is 103 Å². The number of nitrogens with zero attached hydrogens (tertiary/aromatic N) is 1. The van der Waals surface area contributed by atoms with Gasteiger partial charge in [0.2, 0.25) is 0 Å². The summed E-state index contributed by atoms with van der Waals surface area (Å²) < 4.78 is 34.4. The van der Waals surface area contributed by atoms with Gasteiger partial charge in [0.15, 0.2) is 6.10 Å². The standard InChI is InChI=1S/C50H90NO11P/c1-6-8-10-11-12-13-14-15-16-17-18-19-20-21-22-23-24-25-31-35-50(56)62-44(42-61-63(57,58)60-39-38-51(3,4)5)41-59-49(55)34-30-27-26-29-33-45-46(48(54)40-47(45)53)37-36-43(52)32-28-9-7-2/h12-13,15-16,36-37,43-46,48,52,54H,6-11,14,17-35,38-42H2,1-5H3/p+1/b13-12-,16-15-,37-36+/t43-,44+,45+,46+,48+/m0/s1. The molecule has 1 saturated carbocycles. The molecule has 0 aromatic heterocycles. The van der Waals surface area contributed by atoms with Crippen LogP contribution in [0.3, 0.4) is 0 Å². The number of ketones is 1. The van der Waals surface area contributed by atoms with Gasteiger partial charge in [0.1, 0.15) is 25.5 Å². The number of allylic oxidation sites excluding steroid dienone is 4. The van der Waals surface area contributed by atoms with Crippen molar-refractivity contribution in [3.8, 4) is 0 Å². The molecule has 1 rings (SSSR count). The van der Waals surface area contributed by atoms with E-state index in [2.05, 4.69) is 38.2 Å². The van der Waals surface area contributed by atoms with Crippen LogP contribution in [0.4, 0.5) is 0 Å². The highest BCUT2D eigenvalue weighted by molar-refractivity contribution is 7.47. The van der Waals surface area contributed by atoms with Crippen LogP contribution in [0.1, 0.15) is 187 Å². The number of likely N-dealkylation sites (N-methyl/N-ethyl adjacent to an activating group) is 1. The van der Waals surface area contributed by atoms with Crippen LogP contribution < -0.4 is 0 Å². The van der Waals surface area contributed by atoms with E-state index >= 15 is 0 Å². The minimum Gasteiger partial charge on any atom is -0.462 e. The van der Waals surface area contributed by atoms with Crippen molar-refractivity contribution in [1.29, 1.82) is 0 Å². The SMILES string of the molecule is CCCCC/C=C\C/C=C\CCCCCCCCCCCC(=O)O[C@H](COC(=O)CCCCCC[C@H]1C(=O)C[C@@H](O)[C@@H]1/C=C/[C@@H](O)CCCCC)COP(=O)(O)OCC[N+](C)(C)C. The number of phosphoric acid groups is 1. The first-order chi connectivity index (χ1) is 30.2. The molecule has 0 bridgehead atoms. The van der Waals surface area contributed by atoms with Crippen molar-refractivity contribution in [2.45, 2.75) is 206 Å². The highest BCUT2D eigenvalue weighted by Crippen LogP contribution is 2.43. The number of rotatable bonds is 41. The van der Waals surface area contributed by atoms with Crippen LogP contribution in [0.25, 0.3) is 0 Å². The molecule has 366 valence electrons. The van der Waals surface area contributed by atoms with Crippen LogP contribution in [0.2, 0.25) is 0 Å². The van der Waals surface area contributed by atoms with Gasteiger partial charge in [0.05, 0.1) is 40.0 Å². The molecule has 0 aromatic rings. The molecule has 3 N–H and O–H groups in total. The van der Waals surface area contributed by atoms with Crippen molar-refractivity contribution in [1.82, 2.24) is 0 Å². The number of hydrogen-bond donors (Lipinski definition) is 3. The summed E-state index contributed by atoms with van der Waals surface area (Å²) in [5.41, 5.74) is 0. The van der Waals surface area contributed by atoms with Gasteiger partial charge in [0, 0.05) is 31.1 Å². The largest absolute Gasteiger partial charge is 0.472 e. The molecular formula is C50H91NO11P+. The highest BCUT2D eigenvalue weighted by Gasteiger charge is 2.39. The normalized spacial score (nSPS) is 19.0. The number of quaternary nitrogens is 1. The highest BCUT2D eigenvalue weighted by atomic mass is 31.2. The number of ether oxygens (including phenoxy) is 2. The molecular weight excluding hydrogens is 822 g/mol. The average molecular weight is 913 g/mol. The lowest BCUT2D eigenvalue weighted by molar-refractivity contribution is -0.870. The monoisotopic (exact) mass is 913 g/mol. The Labute approximate surface area is 382 Å². The average Bonchev–Trinajstić information content (AvgIpc) is 3.50. The van der Waals surface area contributed by atoms with Crippen LogP contribution in [0.15, 0.2) is 36.5 Å². The zero-order valence-corrected chi connectivity index (χ0v) is 41.2. The smallest absolute Gasteiger partial charge is 0.462 e. The number of aliphatic hydroxyl groups is 2. The van der Waals surface area contributed by atoms with E-state index in [9.17, 15) is 34.1 Å². The van der Waals surface area contributed by atoms with Gasteiger partial charge in [-0.1, -0.05) is 147 Å². The Morgan fingerprint density at radius 1 is 0.746 bits per heavy atom. The maximum atomic E-state index is 12.8. The summed E-state index contributed by atoms with van der Waals surface area (Å²) in [4.78, 5) is 48.3. The topological polar surface area (TPSA) is 166 Å². The molecule has 0 radical (unpaired) electrons. The van der Waals surface area contributed by atoms with Crippen LogP contribution >= 0.6 is 7.82 Å². The molecule has 13 heteroatoms. The fourth-order valence-electron chi connectivity index (χ4n) is 7.59. The van der Waals surface area contributed by atoms with E-state index in [1.807, 2.05) is 27.2 Å². The van der Waals surface area contributed by atoms with E-state index in [0.29, 0.717) is 36.7 Å². The number of aliphatic hydroxyl groups excluding tert-OH is 2. The maximum Gasteiger partial charge on any atom is 0.472 e. The molecule has 0 heterocycles. The van der Waals surface area contributed by atoms with E-state index in [-0.39, 0.29) is 50.1 Å². The molecule has 0 aromatic carbocycles. The predicted molar refractivity (Wildman–Crippen MR) is 253 cm³/mol. The summed E-state index contributed by atoms with van der Waals surface area (Å²) in [5, 5.41) is 20.8.